The quantitative estimate of drug-likeness (QED) is 0.148. The average Bonchev–Trinajstić information content (AvgIpc) is 2.82. The number of rotatable bonds is 4. The van der Waals surface area contributed by atoms with Gasteiger partial charge in [-0.05, 0) is 43.5 Å². The van der Waals surface area contributed by atoms with E-state index in [1.807, 2.05) is 5.43 Å². The highest BCUT2D eigenvalue weighted by atomic mass is 16.5. The number of amides is 4. The number of hydrogen-bond acceptors (Lipinski definition) is 8. The van der Waals surface area contributed by atoms with Crippen molar-refractivity contribution in [2.45, 2.75) is 24.9 Å². The van der Waals surface area contributed by atoms with E-state index >= 15 is 0 Å². The molecule has 6 N–H and O–H groups in total. The maximum atomic E-state index is 13.5. The van der Waals surface area contributed by atoms with Crippen molar-refractivity contribution in [3.63, 3.8) is 0 Å². The fourth-order valence-corrected chi connectivity index (χ4v) is 3.33. The lowest BCUT2D eigenvalue weighted by molar-refractivity contribution is -0.173. The van der Waals surface area contributed by atoms with Crippen LogP contribution in [-0.4, -0.2) is 51.1 Å². The summed E-state index contributed by atoms with van der Waals surface area (Å²) in [7, 11) is 0. The van der Waals surface area contributed by atoms with Crippen molar-refractivity contribution in [3.8, 4) is 11.5 Å². The molecule has 3 rings (SSSR count). The Morgan fingerprint density at radius 3 is 2.06 bits per heavy atom. The van der Waals surface area contributed by atoms with E-state index in [2.05, 4.69) is 5.43 Å². The number of nitrogens with one attached hydrogen (secondary N) is 2. The van der Waals surface area contributed by atoms with Gasteiger partial charge < -0.3 is 14.9 Å². The van der Waals surface area contributed by atoms with E-state index in [0.717, 1.165) is 0 Å². The fraction of sp³-hybridized carbons (Fsp3) is 0.238. The number of aromatic hydroxyl groups is 2. The maximum Gasteiger partial charge on any atom is 0.290 e. The third kappa shape index (κ3) is 4.24. The number of carbonyl (C=O) groups excluding carboxylic acids is 4. The van der Waals surface area contributed by atoms with Crippen LogP contribution < -0.4 is 16.7 Å². The van der Waals surface area contributed by atoms with Crippen LogP contribution in [0.4, 0.5) is 0 Å². The summed E-state index contributed by atoms with van der Waals surface area (Å²) >= 11 is 0. The van der Waals surface area contributed by atoms with Gasteiger partial charge in [-0.25, -0.2) is 5.84 Å². The van der Waals surface area contributed by atoms with Gasteiger partial charge in [0.1, 0.15) is 11.5 Å². The number of hydrazine groups is 2. The van der Waals surface area contributed by atoms with E-state index in [-0.39, 0.29) is 24.2 Å². The molecule has 1 saturated heterocycles. The Labute approximate surface area is 182 Å². The van der Waals surface area contributed by atoms with Gasteiger partial charge in [-0.1, -0.05) is 24.3 Å². The number of benzene rings is 2. The van der Waals surface area contributed by atoms with Crippen LogP contribution in [-0.2, 0) is 14.3 Å². The minimum atomic E-state index is -2.17. The molecule has 1 atom stereocenters. The van der Waals surface area contributed by atoms with Crippen molar-refractivity contribution in [1.82, 2.24) is 15.9 Å². The van der Waals surface area contributed by atoms with Gasteiger partial charge in [-0.3, -0.25) is 30.0 Å². The van der Waals surface area contributed by atoms with Gasteiger partial charge in [-0.2, -0.15) is 5.01 Å². The van der Waals surface area contributed by atoms with Gasteiger partial charge in [0.15, 0.2) is 0 Å². The average molecular weight is 442 g/mol. The Morgan fingerprint density at radius 2 is 1.53 bits per heavy atom. The zero-order valence-corrected chi connectivity index (χ0v) is 16.9. The number of carbonyl (C=O) groups is 4. The molecule has 11 heteroatoms. The van der Waals surface area contributed by atoms with Crippen LogP contribution in [0, 0.1) is 0 Å². The lowest BCUT2D eigenvalue weighted by Crippen LogP contribution is -2.65. The maximum absolute atomic E-state index is 13.5. The van der Waals surface area contributed by atoms with Gasteiger partial charge in [0.2, 0.25) is 5.60 Å². The molecule has 2 aromatic carbocycles. The number of phenolic OH excluding ortho intramolecular Hbond substituents is 2. The molecule has 1 aliphatic heterocycles. The summed E-state index contributed by atoms with van der Waals surface area (Å²) < 4.78 is 5.49. The molecule has 4 amide bonds. The minimum absolute atomic E-state index is 0.0468. The summed E-state index contributed by atoms with van der Waals surface area (Å²) in [4.78, 5) is 52.0. The molecule has 1 unspecified atom stereocenters. The standard InChI is InChI=1S/C21H22N4O7/c22-23-19(30)21(11-5-6-12-32-21)20(31)25(18(29)14-8-2-4-10-16(14)27)24-17(28)13-7-1-3-9-15(13)26/h1-4,7-10,26-27H,5-6,11-12,22H2,(H,23,30)(H,24,28). The zero-order chi connectivity index (χ0) is 23.3. The normalized spacial score (nSPS) is 17.8. The van der Waals surface area contributed by atoms with E-state index < -0.39 is 40.7 Å². The van der Waals surface area contributed by atoms with Crippen LogP contribution in [0.3, 0.4) is 0 Å². The summed E-state index contributed by atoms with van der Waals surface area (Å²) in [6, 6.07) is 10.8. The van der Waals surface area contributed by atoms with Crippen LogP contribution in [0.25, 0.3) is 0 Å². The lowest BCUT2D eigenvalue weighted by atomic mass is 9.91. The van der Waals surface area contributed by atoms with Crippen LogP contribution >= 0.6 is 0 Å². The summed E-state index contributed by atoms with van der Waals surface area (Å²) in [6.45, 7) is 0.0468. The Balaban J connectivity index is 2.05. The van der Waals surface area contributed by atoms with Crippen LogP contribution in [0.5, 0.6) is 11.5 Å². The summed E-state index contributed by atoms with van der Waals surface area (Å²) in [6.07, 6.45) is 0.904. The number of phenols is 2. The molecule has 1 fully saturated rings. The molecule has 0 radical (unpaired) electrons. The lowest BCUT2D eigenvalue weighted by Gasteiger charge is -2.37. The van der Waals surface area contributed by atoms with Gasteiger partial charge in [0.05, 0.1) is 11.1 Å². The molecule has 11 nitrogen and oxygen atoms in total. The van der Waals surface area contributed by atoms with Gasteiger partial charge >= 0.3 is 0 Å². The molecule has 1 aliphatic rings. The van der Waals surface area contributed by atoms with Crippen LogP contribution in [0.1, 0.15) is 40.0 Å². The molecule has 1 heterocycles. The van der Waals surface area contributed by atoms with E-state index in [1.54, 1.807) is 0 Å². The van der Waals surface area contributed by atoms with Crippen LogP contribution in [0.2, 0.25) is 0 Å². The zero-order valence-electron chi connectivity index (χ0n) is 16.9. The van der Waals surface area contributed by atoms with Crippen molar-refractivity contribution in [2.24, 2.45) is 5.84 Å². The van der Waals surface area contributed by atoms with Crippen molar-refractivity contribution >= 4 is 23.6 Å². The SMILES string of the molecule is NNC(=O)C1(C(=O)N(NC(=O)c2ccccc2O)C(=O)c2ccccc2O)CCCCO1. The Hall–Kier alpha value is -3.96. The fourth-order valence-electron chi connectivity index (χ4n) is 3.33. The predicted molar refractivity (Wildman–Crippen MR) is 110 cm³/mol. The first-order valence-electron chi connectivity index (χ1n) is 9.72. The number of nitrogens with two attached hydrogens (primary N) is 1. The highest BCUT2D eigenvalue weighted by Gasteiger charge is 2.52. The Morgan fingerprint density at radius 1 is 0.938 bits per heavy atom. The highest BCUT2D eigenvalue weighted by Crippen LogP contribution is 2.29. The number of hydrogen-bond donors (Lipinski definition) is 5. The largest absolute Gasteiger partial charge is 0.507 e. The van der Waals surface area contributed by atoms with Gasteiger partial charge in [0, 0.05) is 6.61 Å². The van der Waals surface area contributed by atoms with E-state index in [0.29, 0.717) is 17.9 Å². The summed E-state index contributed by atoms with van der Waals surface area (Å²) in [5, 5.41) is 20.4. The second kappa shape index (κ2) is 9.45. The number of nitrogens with zero attached hydrogens (tertiary/aromatic N) is 1. The molecule has 0 spiro atoms. The molecule has 0 aromatic heterocycles. The topological polar surface area (TPSA) is 171 Å². The predicted octanol–water partition coefficient (Wildman–Crippen LogP) is 0.341. The van der Waals surface area contributed by atoms with Crippen molar-refractivity contribution in [3.05, 3.63) is 59.7 Å². The second-order valence-corrected chi connectivity index (χ2v) is 7.03. The smallest absolute Gasteiger partial charge is 0.290 e. The summed E-state index contributed by atoms with van der Waals surface area (Å²) in [5.74, 6) is 0.106. The monoisotopic (exact) mass is 442 g/mol. The molecule has 0 aliphatic carbocycles. The Kier molecular flexibility index (Phi) is 6.71. The van der Waals surface area contributed by atoms with E-state index in [1.165, 1.54) is 48.5 Å². The first-order chi connectivity index (χ1) is 15.3. The highest BCUT2D eigenvalue weighted by molar-refractivity contribution is 6.17. The molecule has 2 aromatic rings. The third-order valence-electron chi connectivity index (χ3n) is 5.02. The molecule has 0 bridgehead atoms. The van der Waals surface area contributed by atoms with Crippen molar-refractivity contribution < 1.29 is 34.1 Å². The summed E-state index contributed by atoms with van der Waals surface area (Å²) in [5.41, 5.74) is 1.29. The molecule has 32 heavy (non-hydrogen) atoms. The molecular weight excluding hydrogens is 420 g/mol. The number of para-hydroxylation sites is 2. The number of imide groups is 1. The first-order valence-corrected chi connectivity index (χ1v) is 9.72. The van der Waals surface area contributed by atoms with Gasteiger partial charge in [0.25, 0.3) is 23.6 Å². The third-order valence-corrected chi connectivity index (χ3v) is 5.02. The molecular formula is C21H22N4O7. The van der Waals surface area contributed by atoms with E-state index in [9.17, 15) is 29.4 Å². The van der Waals surface area contributed by atoms with Crippen molar-refractivity contribution in [1.29, 1.82) is 0 Å². The van der Waals surface area contributed by atoms with Crippen molar-refractivity contribution in [2.75, 3.05) is 6.61 Å². The molecule has 168 valence electrons. The minimum Gasteiger partial charge on any atom is -0.507 e. The van der Waals surface area contributed by atoms with E-state index in [4.69, 9.17) is 10.6 Å². The van der Waals surface area contributed by atoms with Crippen LogP contribution in [0.15, 0.2) is 48.5 Å². The Bertz CT molecular complexity index is 1050. The number of ether oxygens (including phenoxy) is 1. The molecule has 0 saturated carbocycles. The first kappa shape index (κ1) is 22.7. The second-order valence-electron chi connectivity index (χ2n) is 7.03. The van der Waals surface area contributed by atoms with Gasteiger partial charge in [-0.15, -0.1) is 0 Å².